The van der Waals surface area contributed by atoms with Crippen LogP contribution in [0.3, 0.4) is 0 Å². The molecule has 0 saturated heterocycles. The van der Waals surface area contributed by atoms with E-state index in [1.54, 1.807) is 0 Å². The monoisotopic (exact) mass is 227 g/mol. The third kappa shape index (κ3) is 2.73. The van der Waals surface area contributed by atoms with E-state index in [4.69, 9.17) is 0 Å². The summed E-state index contributed by atoms with van der Waals surface area (Å²) in [5.41, 5.74) is 2.38. The lowest BCUT2D eigenvalue weighted by atomic mass is 10.5. The molecular formula is C13H29NSi. The van der Waals surface area contributed by atoms with E-state index in [2.05, 4.69) is 59.7 Å². The van der Waals surface area contributed by atoms with E-state index >= 15 is 0 Å². The van der Waals surface area contributed by atoms with E-state index in [-0.39, 0.29) is 0 Å². The third-order valence-electron chi connectivity index (χ3n) is 3.84. The van der Waals surface area contributed by atoms with E-state index in [9.17, 15) is 0 Å². The Bertz CT molecular complexity index is 175. The van der Waals surface area contributed by atoms with Crippen LogP contribution in [0.15, 0.2) is 12.7 Å². The van der Waals surface area contributed by atoms with Crippen LogP contribution in [0.1, 0.15) is 41.5 Å². The van der Waals surface area contributed by atoms with Crippen LogP contribution in [0.5, 0.6) is 0 Å². The molecular weight excluding hydrogens is 198 g/mol. The van der Waals surface area contributed by atoms with Gasteiger partial charge in [-0.05, 0) is 23.7 Å². The molecule has 2 heteroatoms. The Labute approximate surface area is 97.6 Å². The van der Waals surface area contributed by atoms with Gasteiger partial charge in [0.15, 0.2) is 0 Å². The summed E-state index contributed by atoms with van der Waals surface area (Å²) in [6.45, 7) is 19.3. The van der Waals surface area contributed by atoms with Crippen molar-refractivity contribution in [2.75, 3.05) is 13.6 Å². The van der Waals surface area contributed by atoms with E-state index in [0.29, 0.717) is 0 Å². The molecule has 0 amide bonds. The number of hydrogen-bond donors (Lipinski definition) is 0. The maximum atomic E-state index is 3.87. The lowest BCUT2D eigenvalue weighted by molar-refractivity contribution is 0.503. The van der Waals surface area contributed by atoms with Crippen molar-refractivity contribution >= 4 is 8.24 Å². The Hall–Kier alpha value is -0.0831. The maximum absolute atomic E-state index is 3.87. The summed E-state index contributed by atoms with van der Waals surface area (Å²) in [4.78, 5) is 0. The highest BCUT2D eigenvalue weighted by atomic mass is 28.3. The van der Waals surface area contributed by atoms with Crippen molar-refractivity contribution in [1.29, 1.82) is 0 Å². The minimum absolute atomic E-state index is 0.794. The van der Waals surface area contributed by atoms with Crippen LogP contribution < -0.4 is 0 Å². The minimum atomic E-state index is -1.39. The fourth-order valence-electron chi connectivity index (χ4n) is 3.67. The second kappa shape index (κ2) is 5.85. The summed E-state index contributed by atoms with van der Waals surface area (Å²) in [6, 6.07) is 0. The van der Waals surface area contributed by atoms with Gasteiger partial charge in [0, 0.05) is 6.54 Å². The first kappa shape index (κ1) is 14.9. The first-order valence-corrected chi connectivity index (χ1v) is 8.31. The fourth-order valence-corrected chi connectivity index (χ4v) is 10.8. The smallest absolute Gasteiger partial charge is 0.136 e. The van der Waals surface area contributed by atoms with Gasteiger partial charge in [-0.1, -0.05) is 47.6 Å². The molecule has 0 unspecified atom stereocenters. The van der Waals surface area contributed by atoms with Gasteiger partial charge in [-0.25, -0.2) is 0 Å². The molecule has 0 aromatic carbocycles. The number of rotatable bonds is 6. The standard InChI is InChI=1S/C13H29NSi/c1-9-10-14(8)15(11(2)3,12(4)5)13(6)7/h9,11-13H,1,10H2,2-8H3. The Kier molecular flexibility index (Phi) is 5.82. The highest BCUT2D eigenvalue weighted by Gasteiger charge is 2.45. The van der Waals surface area contributed by atoms with Crippen LogP contribution in [0.25, 0.3) is 0 Å². The molecule has 0 N–H and O–H groups in total. The topological polar surface area (TPSA) is 3.24 Å². The normalized spacial score (nSPS) is 13.3. The van der Waals surface area contributed by atoms with Crippen molar-refractivity contribution in [3.8, 4) is 0 Å². The molecule has 0 aliphatic carbocycles. The van der Waals surface area contributed by atoms with Gasteiger partial charge in [0.25, 0.3) is 0 Å². The van der Waals surface area contributed by atoms with Gasteiger partial charge in [-0.15, -0.1) is 6.58 Å². The van der Waals surface area contributed by atoms with E-state index < -0.39 is 8.24 Å². The zero-order valence-electron chi connectivity index (χ0n) is 11.7. The van der Waals surface area contributed by atoms with Gasteiger partial charge in [0.05, 0.1) is 0 Å². The Morgan fingerprint density at radius 3 is 1.53 bits per heavy atom. The van der Waals surface area contributed by atoms with Crippen molar-refractivity contribution < 1.29 is 0 Å². The predicted octanol–water partition coefficient (Wildman–Crippen LogP) is 4.28. The van der Waals surface area contributed by atoms with Crippen LogP contribution in [-0.2, 0) is 0 Å². The highest BCUT2D eigenvalue weighted by molar-refractivity contribution is 6.80. The number of nitrogens with zero attached hydrogens (tertiary/aromatic N) is 1. The number of hydrogen-bond acceptors (Lipinski definition) is 1. The average Bonchev–Trinajstić information content (AvgIpc) is 2.02. The minimum Gasteiger partial charge on any atom is -0.322 e. The zero-order chi connectivity index (χ0) is 12.2. The van der Waals surface area contributed by atoms with Crippen molar-refractivity contribution in [2.24, 2.45) is 0 Å². The SMILES string of the molecule is C=CCN(C)[Si](C(C)C)(C(C)C)C(C)C. The molecule has 90 valence electrons. The average molecular weight is 227 g/mol. The largest absolute Gasteiger partial charge is 0.322 e. The van der Waals surface area contributed by atoms with E-state index in [1.807, 2.05) is 6.08 Å². The number of likely N-dealkylation sites (N-methyl/N-ethyl adjacent to an activating group) is 1. The van der Waals surface area contributed by atoms with E-state index in [0.717, 1.165) is 23.2 Å². The second-order valence-electron chi connectivity index (χ2n) is 5.52. The summed E-state index contributed by atoms with van der Waals surface area (Å²) in [5.74, 6) is 0. The molecule has 0 aliphatic heterocycles. The van der Waals surface area contributed by atoms with Gasteiger partial charge >= 0.3 is 0 Å². The molecule has 0 aliphatic rings. The first-order valence-electron chi connectivity index (χ1n) is 6.13. The van der Waals surface area contributed by atoms with Crippen LogP contribution in [0.2, 0.25) is 16.6 Å². The predicted molar refractivity (Wildman–Crippen MR) is 73.9 cm³/mol. The molecule has 0 bridgehead atoms. The molecule has 0 rings (SSSR count). The molecule has 0 spiro atoms. The molecule has 0 fully saturated rings. The van der Waals surface area contributed by atoms with E-state index in [1.165, 1.54) is 0 Å². The lowest BCUT2D eigenvalue weighted by Crippen LogP contribution is -2.58. The molecule has 0 radical (unpaired) electrons. The van der Waals surface area contributed by atoms with Gasteiger partial charge < -0.3 is 4.57 Å². The summed E-state index contributed by atoms with van der Waals surface area (Å²) in [7, 11) is 0.896. The Morgan fingerprint density at radius 2 is 1.33 bits per heavy atom. The fraction of sp³-hybridized carbons (Fsp3) is 0.846. The van der Waals surface area contributed by atoms with Gasteiger partial charge in [-0.3, -0.25) is 0 Å². The Morgan fingerprint density at radius 1 is 1.00 bits per heavy atom. The summed E-state index contributed by atoms with van der Waals surface area (Å²) < 4.78 is 2.61. The Balaban J connectivity index is 5.21. The summed E-state index contributed by atoms with van der Waals surface area (Å²) >= 11 is 0. The zero-order valence-corrected chi connectivity index (χ0v) is 12.7. The van der Waals surface area contributed by atoms with Gasteiger partial charge in [-0.2, -0.15) is 0 Å². The molecule has 1 nitrogen and oxygen atoms in total. The van der Waals surface area contributed by atoms with Crippen LogP contribution in [-0.4, -0.2) is 26.4 Å². The van der Waals surface area contributed by atoms with Gasteiger partial charge in [0.1, 0.15) is 8.24 Å². The van der Waals surface area contributed by atoms with Crippen LogP contribution in [0.4, 0.5) is 0 Å². The van der Waals surface area contributed by atoms with Crippen LogP contribution >= 0.6 is 0 Å². The molecule has 15 heavy (non-hydrogen) atoms. The first-order chi connectivity index (χ1) is 6.81. The summed E-state index contributed by atoms with van der Waals surface area (Å²) in [6.07, 6.45) is 2.04. The van der Waals surface area contributed by atoms with Crippen molar-refractivity contribution in [2.45, 2.75) is 58.2 Å². The van der Waals surface area contributed by atoms with Crippen molar-refractivity contribution in [3.05, 3.63) is 12.7 Å². The molecule has 0 atom stereocenters. The highest BCUT2D eigenvalue weighted by Crippen LogP contribution is 2.42. The third-order valence-corrected chi connectivity index (χ3v) is 10.9. The molecule has 0 heterocycles. The van der Waals surface area contributed by atoms with Crippen molar-refractivity contribution in [1.82, 2.24) is 4.57 Å². The van der Waals surface area contributed by atoms with Crippen molar-refractivity contribution in [3.63, 3.8) is 0 Å². The lowest BCUT2D eigenvalue weighted by Gasteiger charge is -2.49. The molecule has 0 aromatic heterocycles. The maximum Gasteiger partial charge on any atom is 0.136 e. The second-order valence-corrected chi connectivity index (χ2v) is 11.5. The van der Waals surface area contributed by atoms with Gasteiger partial charge in [0.2, 0.25) is 0 Å². The molecule has 0 aromatic rings. The van der Waals surface area contributed by atoms with Crippen LogP contribution in [0, 0.1) is 0 Å². The quantitative estimate of drug-likeness (QED) is 0.483. The molecule has 0 saturated carbocycles. The summed E-state index contributed by atoms with van der Waals surface area (Å²) in [5, 5.41) is 0.